The van der Waals surface area contributed by atoms with Gasteiger partial charge in [0.05, 0.1) is 18.3 Å². The first-order valence-corrected chi connectivity index (χ1v) is 11.1. The van der Waals surface area contributed by atoms with Gasteiger partial charge in [-0.05, 0) is 31.2 Å². The van der Waals surface area contributed by atoms with Crippen LogP contribution in [0.15, 0.2) is 51.9 Å². The van der Waals surface area contributed by atoms with Crippen LogP contribution in [0.4, 0.5) is 4.39 Å². The van der Waals surface area contributed by atoms with Crippen LogP contribution in [0, 0.1) is 12.7 Å². The molecule has 1 aliphatic heterocycles. The molecule has 5 heterocycles. The number of fused-ring (bicyclic) bond motifs is 4. The average Bonchev–Trinajstić information content (AvgIpc) is 3.54. The summed E-state index contributed by atoms with van der Waals surface area (Å²) in [6.45, 7) is 3.30. The van der Waals surface area contributed by atoms with Gasteiger partial charge in [-0.3, -0.25) is 19.5 Å². The standard InChI is InChI=1S/C25H21FN6O3/c1-13-8-29-32-18-6-4-15(21(26)22(18)30-25(34)23(13)32)10-31-11-16-7-19(35-20(16)12-31)14-3-5-17(28-9-14)24(33)27-2/h3-9H,10-12H2,1-2H3,(H,27,33)(H,30,34). The summed E-state index contributed by atoms with van der Waals surface area (Å²) in [4.78, 5) is 33.1. The molecule has 9 nitrogen and oxygen atoms in total. The van der Waals surface area contributed by atoms with Gasteiger partial charge in [-0.25, -0.2) is 8.91 Å². The maximum absolute atomic E-state index is 15.4. The largest absolute Gasteiger partial charge is 0.459 e. The number of carbonyl (C=O) groups excluding carboxylic acids is 1. The molecule has 0 atom stereocenters. The molecule has 0 saturated carbocycles. The highest BCUT2D eigenvalue weighted by Gasteiger charge is 2.26. The number of aryl methyl sites for hydroxylation is 1. The SMILES string of the molecule is CNC(=O)c1ccc(-c2cc3c(o2)CN(Cc2ccc4c([nH]c(=O)c5c(C)cnn54)c2F)C3)cn1. The van der Waals surface area contributed by atoms with Crippen molar-refractivity contribution in [3.8, 4) is 11.3 Å². The van der Waals surface area contributed by atoms with E-state index in [2.05, 4.69) is 25.3 Å². The molecule has 35 heavy (non-hydrogen) atoms. The van der Waals surface area contributed by atoms with Crippen molar-refractivity contribution in [3.05, 3.63) is 87.0 Å². The van der Waals surface area contributed by atoms with Crippen LogP contribution in [-0.4, -0.2) is 37.4 Å². The zero-order chi connectivity index (χ0) is 24.3. The molecule has 0 fully saturated rings. The lowest BCUT2D eigenvalue weighted by Gasteiger charge is -2.16. The molecule has 0 aliphatic carbocycles. The van der Waals surface area contributed by atoms with Crippen LogP contribution in [-0.2, 0) is 19.6 Å². The smallest absolute Gasteiger partial charge is 0.274 e. The summed E-state index contributed by atoms with van der Waals surface area (Å²) >= 11 is 0. The fourth-order valence-corrected chi connectivity index (χ4v) is 4.62. The Hall–Kier alpha value is -4.31. The number of amides is 1. The highest BCUT2D eigenvalue weighted by molar-refractivity contribution is 5.92. The van der Waals surface area contributed by atoms with Gasteiger partial charge in [0.25, 0.3) is 11.5 Å². The highest BCUT2D eigenvalue weighted by Crippen LogP contribution is 2.33. The number of aromatic nitrogens is 4. The summed E-state index contributed by atoms with van der Waals surface area (Å²) in [5.74, 6) is 0.793. The number of rotatable bonds is 4. The van der Waals surface area contributed by atoms with Gasteiger partial charge in [-0.2, -0.15) is 5.10 Å². The molecule has 0 radical (unpaired) electrons. The number of H-pyrrole nitrogens is 1. The molecule has 1 amide bonds. The minimum Gasteiger partial charge on any atom is -0.459 e. The summed E-state index contributed by atoms with van der Waals surface area (Å²) in [5.41, 5.74) is 4.08. The third-order valence-electron chi connectivity index (χ3n) is 6.39. The second-order valence-electron chi connectivity index (χ2n) is 8.69. The lowest BCUT2D eigenvalue weighted by molar-refractivity contribution is 0.0958. The van der Waals surface area contributed by atoms with Crippen molar-refractivity contribution in [1.82, 2.24) is 29.8 Å². The lowest BCUT2D eigenvalue weighted by atomic mass is 10.1. The monoisotopic (exact) mass is 472 g/mol. The van der Waals surface area contributed by atoms with Gasteiger partial charge in [0.2, 0.25) is 0 Å². The van der Waals surface area contributed by atoms with Crippen molar-refractivity contribution in [1.29, 1.82) is 0 Å². The third kappa shape index (κ3) is 3.41. The number of pyridine rings is 1. The Kier molecular flexibility index (Phi) is 4.78. The minimum absolute atomic E-state index is 0.147. The fourth-order valence-electron chi connectivity index (χ4n) is 4.62. The second kappa shape index (κ2) is 7.88. The summed E-state index contributed by atoms with van der Waals surface area (Å²) in [7, 11) is 1.56. The lowest BCUT2D eigenvalue weighted by Crippen LogP contribution is -2.18. The maximum atomic E-state index is 15.4. The van der Waals surface area contributed by atoms with Crippen LogP contribution in [0.2, 0.25) is 0 Å². The van der Waals surface area contributed by atoms with E-state index >= 15 is 4.39 Å². The Morgan fingerprint density at radius 3 is 2.83 bits per heavy atom. The Balaban J connectivity index is 1.23. The number of carbonyl (C=O) groups is 1. The molecule has 2 N–H and O–H groups in total. The molecule has 1 aliphatic rings. The highest BCUT2D eigenvalue weighted by atomic mass is 19.1. The predicted octanol–water partition coefficient (Wildman–Crippen LogP) is 3.15. The number of hydrogen-bond donors (Lipinski definition) is 2. The molecule has 4 aromatic heterocycles. The number of furan rings is 1. The van der Waals surface area contributed by atoms with Gasteiger partial charge >= 0.3 is 0 Å². The van der Waals surface area contributed by atoms with E-state index < -0.39 is 5.82 Å². The topological polar surface area (TPSA) is 109 Å². The minimum atomic E-state index is -0.457. The van der Waals surface area contributed by atoms with Crippen molar-refractivity contribution in [2.45, 2.75) is 26.6 Å². The quantitative estimate of drug-likeness (QED) is 0.416. The first-order valence-electron chi connectivity index (χ1n) is 11.1. The number of hydrogen-bond acceptors (Lipinski definition) is 6. The molecular weight excluding hydrogens is 451 g/mol. The fraction of sp³-hybridized carbons (Fsp3) is 0.200. The number of benzene rings is 1. The van der Waals surface area contributed by atoms with E-state index in [1.807, 2.05) is 6.07 Å². The van der Waals surface area contributed by atoms with Crippen LogP contribution >= 0.6 is 0 Å². The molecule has 10 heteroatoms. The summed E-state index contributed by atoms with van der Waals surface area (Å²) in [5, 5.41) is 6.78. The Labute approximate surface area is 198 Å². The van der Waals surface area contributed by atoms with Crippen molar-refractivity contribution >= 4 is 22.5 Å². The van der Waals surface area contributed by atoms with E-state index in [4.69, 9.17) is 4.42 Å². The van der Waals surface area contributed by atoms with Crippen molar-refractivity contribution in [3.63, 3.8) is 0 Å². The normalized spacial score (nSPS) is 13.6. The van der Waals surface area contributed by atoms with E-state index in [1.165, 1.54) is 4.52 Å². The second-order valence-corrected chi connectivity index (χ2v) is 8.69. The molecule has 176 valence electrons. The van der Waals surface area contributed by atoms with E-state index in [0.717, 1.165) is 22.5 Å². The maximum Gasteiger partial charge on any atom is 0.274 e. The van der Waals surface area contributed by atoms with Gasteiger partial charge in [-0.1, -0.05) is 6.07 Å². The summed E-state index contributed by atoms with van der Waals surface area (Å²) in [6.07, 6.45) is 3.21. The van der Waals surface area contributed by atoms with Crippen LogP contribution in [0.3, 0.4) is 0 Å². The van der Waals surface area contributed by atoms with Gasteiger partial charge in [-0.15, -0.1) is 0 Å². The van der Waals surface area contributed by atoms with E-state index in [-0.39, 0.29) is 17.0 Å². The van der Waals surface area contributed by atoms with Crippen LogP contribution in [0.5, 0.6) is 0 Å². The molecule has 0 saturated heterocycles. The van der Waals surface area contributed by atoms with Crippen molar-refractivity contribution in [2.24, 2.45) is 0 Å². The van der Waals surface area contributed by atoms with E-state index in [0.29, 0.717) is 47.7 Å². The zero-order valence-electron chi connectivity index (χ0n) is 19.1. The number of nitrogens with zero attached hydrogens (tertiary/aromatic N) is 4. The molecule has 6 rings (SSSR count). The van der Waals surface area contributed by atoms with Gasteiger partial charge in [0, 0.05) is 48.6 Å². The molecular formula is C25H21FN6O3. The van der Waals surface area contributed by atoms with E-state index in [1.54, 1.807) is 50.6 Å². The zero-order valence-corrected chi connectivity index (χ0v) is 19.1. The molecule has 5 aromatic rings. The summed E-state index contributed by atoms with van der Waals surface area (Å²) in [6, 6.07) is 8.92. The molecule has 0 spiro atoms. The summed E-state index contributed by atoms with van der Waals surface area (Å²) < 4.78 is 22.9. The van der Waals surface area contributed by atoms with Gasteiger partial charge in [0.15, 0.2) is 5.82 Å². The Bertz CT molecular complexity index is 1660. The first kappa shape index (κ1) is 21.2. The van der Waals surface area contributed by atoms with E-state index in [9.17, 15) is 9.59 Å². The number of nitrogens with one attached hydrogen (secondary N) is 2. The van der Waals surface area contributed by atoms with Crippen molar-refractivity contribution < 1.29 is 13.6 Å². The Morgan fingerprint density at radius 1 is 1.23 bits per heavy atom. The van der Waals surface area contributed by atoms with Gasteiger partial charge < -0.3 is 14.7 Å². The average molecular weight is 472 g/mol. The van der Waals surface area contributed by atoms with Crippen molar-refractivity contribution in [2.75, 3.05) is 7.05 Å². The predicted molar refractivity (Wildman–Crippen MR) is 126 cm³/mol. The Morgan fingerprint density at radius 2 is 2.09 bits per heavy atom. The molecule has 1 aromatic carbocycles. The van der Waals surface area contributed by atoms with Gasteiger partial charge in [0.1, 0.15) is 28.2 Å². The molecule has 0 unspecified atom stereocenters. The first-order chi connectivity index (χ1) is 16.9. The third-order valence-corrected chi connectivity index (χ3v) is 6.39. The number of aromatic amines is 1. The van der Waals surface area contributed by atoms with Crippen LogP contribution in [0.1, 0.15) is 32.9 Å². The number of halogens is 1. The van der Waals surface area contributed by atoms with Crippen LogP contribution in [0.25, 0.3) is 27.9 Å². The molecule has 0 bridgehead atoms. The van der Waals surface area contributed by atoms with Crippen LogP contribution < -0.4 is 10.9 Å².